The number of benzene rings is 1. The fourth-order valence-corrected chi connectivity index (χ4v) is 2.33. The van der Waals surface area contributed by atoms with Crippen LogP contribution in [0.5, 0.6) is 0 Å². The van der Waals surface area contributed by atoms with E-state index in [9.17, 15) is 27.9 Å². The smallest absolute Gasteiger partial charge is 0.392 e. The van der Waals surface area contributed by atoms with Crippen molar-refractivity contribution < 1.29 is 27.9 Å². The zero-order valence-electron chi connectivity index (χ0n) is 14.0. The molecule has 27 heavy (non-hydrogen) atoms. The van der Waals surface area contributed by atoms with Crippen molar-refractivity contribution in [3.05, 3.63) is 41.2 Å². The predicted octanol–water partition coefficient (Wildman–Crippen LogP) is 0.944. The van der Waals surface area contributed by atoms with Crippen LogP contribution in [0, 0.1) is 0 Å². The Kier molecular flexibility index (Phi) is 5.13. The zero-order valence-corrected chi connectivity index (χ0v) is 14.0. The summed E-state index contributed by atoms with van der Waals surface area (Å²) in [5, 5.41) is 21.7. The quantitative estimate of drug-likeness (QED) is 0.688. The molecule has 1 saturated carbocycles. The third kappa shape index (κ3) is 4.82. The lowest BCUT2D eigenvalue weighted by Gasteiger charge is -2.11. The second-order valence-electron chi connectivity index (χ2n) is 6.10. The number of nitrogens with zero attached hydrogens (tertiary/aromatic N) is 3. The van der Waals surface area contributed by atoms with Crippen LogP contribution in [0.4, 0.5) is 13.2 Å². The van der Waals surface area contributed by atoms with Gasteiger partial charge >= 0.3 is 6.18 Å². The fraction of sp³-hybridized carbons (Fsp3) is 0.375. The summed E-state index contributed by atoms with van der Waals surface area (Å²) in [6.07, 6.45) is -1.30. The molecule has 2 aromatic rings. The number of hydrogen-bond donors (Lipinski definition) is 3. The first kappa shape index (κ1) is 18.8. The third-order valence-electron chi connectivity index (χ3n) is 3.85. The van der Waals surface area contributed by atoms with Gasteiger partial charge in [-0.1, -0.05) is 5.21 Å². The Hall–Kier alpha value is -2.95. The molecule has 1 aliphatic rings. The van der Waals surface area contributed by atoms with Crippen LogP contribution in [0.3, 0.4) is 0 Å². The highest BCUT2D eigenvalue weighted by Crippen LogP contribution is 2.20. The average molecular weight is 383 g/mol. The van der Waals surface area contributed by atoms with Gasteiger partial charge in [-0.25, -0.2) is 4.68 Å². The van der Waals surface area contributed by atoms with Crippen molar-refractivity contribution in [1.29, 1.82) is 0 Å². The van der Waals surface area contributed by atoms with E-state index in [1.165, 1.54) is 29.1 Å². The summed E-state index contributed by atoms with van der Waals surface area (Å²) in [6, 6.07) is 4.12. The minimum atomic E-state index is -4.52. The van der Waals surface area contributed by atoms with E-state index in [4.69, 9.17) is 0 Å². The van der Waals surface area contributed by atoms with Crippen molar-refractivity contribution in [3.8, 4) is 5.69 Å². The Balaban J connectivity index is 1.77. The Morgan fingerprint density at radius 3 is 2.63 bits per heavy atom. The summed E-state index contributed by atoms with van der Waals surface area (Å²) >= 11 is 0. The number of hydrogen-bond acceptors (Lipinski definition) is 5. The highest BCUT2D eigenvalue weighted by molar-refractivity contribution is 5.95. The largest absolute Gasteiger partial charge is 0.405 e. The molecule has 0 radical (unpaired) electrons. The van der Waals surface area contributed by atoms with Crippen LogP contribution in [0.1, 0.15) is 39.3 Å². The summed E-state index contributed by atoms with van der Waals surface area (Å²) < 4.78 is 37.9. The van der Waals surface area contributed by atoms with E-state index in [2.05, 4.69) is 15.6 Å². The van der Waals surface area contributed by atoms with Crippen molar-refractivity contribution in [2.24, 2.45) is 0 Å². The summed E-state index contributed by atoms with van der Waals surface area (Å²) in [5.74, 6) is -1.28. The summed E-state index contributed by atoms with van der Waals surface area (Å²) in [7, 11) is 0. The van der Waals surface area contributed by atoms with Crippen LogP contribution >= 0.6 is 0 Å². The molecular weight excluding hydrogens is 367 g/mol. The molecule has 0 saturated heterocycles. The predicted molar refractivity (Wildman–Crippen MR) is 86.2 cm³/mol. The number of rotatable bonds is 6. The molecule has 1 heterocycles. The van der Waals surface area contributed by atoms with E-state index in [-0.39, 0.29) is 28.8 Å². The molecule has 144 valence electrons. The minimum absolute atomic E-state index is 0.0427. The Labute approximate surface area is 151 Å². The first-order chi connectivity index (χ1) is 12.8. The van der Waals surface area contributed by atoms with Crippen LogP contribution in [0.15, 0.2) is 24.4 Å². The van der Waals surface area contributed by atoms with E-state index in [0.29, 0.717) is 5.69 Å². The fourth-order valence-electron chi connectivity index (χ4n) is 2.33. The van der Waals surface area contributed by atoms with Crippen LogP contribution < -0.4 is 10.6 Å². The molecule has 2 amide bonds. The summed E-state index contributed by atoms with van der Waals surface area (Å²) in [4.78, 5) is 23.8. The molecule has 0 spiro atoms. The van der Waals surface area contributed by atoms with E-state index >= 15 is 0 Å². The molecule has 3 rings (SSSR count). The molecule has 0 bridgehead atoms. The van der Waals surface area contributed by atoms with Crippen molar-refractivity contribution >= 4 is 11.8 Å². The van der Waals surface area contributed by atoms with E-state index < -0.39 is 25.2 Å². The lowest BCUT2D eigenvalue weighted by Crippen LogP contribution is -2.33. The van der Waals surface area contributed by atoms with Gasteiger partial charge in [-0.3, -0.25) is 9.59 Å². The van der Waals surface area contributed by atoms with Crippen molar-refractivity contribution in [2.45, 2.75) is 31.7 Å². The number of aliphatic hydroxyl groups excluding tert-OH is 1. The highest BCUT2D eigenvalue weighted by atomic mass is 19.4. The van der Waals surface area contributed by atoms with Gasteiger partial charge in [0, 0.05) is 17.2 Å². The molecule has 1 aromatic heterocycles. The highest BCUT2D eigenvalue weighted by Gasteiger charge is 2.28. The molecule has 8 nitrogen and oxygen atoms in total. The van der Waals surface area contributed by atoms with Crippen molar-refractivity contribution in [1.82, 2.24) is 25.6 Å². The summed E-state index contributed by atoms with van der Waals surface area (Å²) in [6.45, 7) is -1.94. The number of halogens is 3. The topological polar surface area (TPSA) is 109 Å². The lowest BCUT2D eigenvalue weighted by molar-refractivity contribution is -0.123. The third-order valence-corrected chi connectivity index (χ3v) is 3.85. The molecule has 0 unspecified atom stereocenters. The van der Waals surface area contributed by atoms with Gasteiger partial charge in [0.05, 0.1) is 18.5 Å². The van der Waals surface area contributed by atoms with E-state index in [1.807, 2.05) is 0 Å². The van der Waals surface area contributed by atoms with Gasteiger partial charge in [-0.05, 0) is 31.0 Å². The maximum atomic E-state index is 12.2. The van der Waals surface area contributed by atoms with Crippen LogP contribution in [0.25, 0.3) is 5.69 Å². The average Bonchev–Trinajstić information content (AvgIpc) is 3.30. The number of carbonyl (C=O) groups is 2. The Morgan fingerprint density at radius 1 is 1.26 bits per heavy atom. The second kappa shape index (κ2) is 7.35. The lowest BCUT2D eigenvalue weighted by atomic mass is 10.1. The molecule has 1 aliphatic carbocycles. The molecule has 3 N–H and O–H groups in total. The van der Waals surface area contributed by atoms with Crippen LogP contribution in [-0.2, 0) is 6.61 Å². The number of nitrogens with one attached hydrogen (secondary N) is 2. The maximum absolute atomic E-state index is 12.2. The Morgan fingerprint density at radius 2 is 2.00 bits per heavy atom. The molecule has 1 aromatic carbocycles. The normalized spacial score (nSPS) is 14.1. The standard InChI is InChI=1S/C16H16F3N5O3/c17-16(18,19)8-20-14(26)9-1-4-13(10(5-9)7-25)24-6-12(22-23-24)15(27)21-11-2-3-11/h1,4-6,11,25H,2-3,7-8H2,(H,20,26)(H,21,27). The van der Waals surface area contributed by atoms with E-state index in [1.54, 1.807) is 5.32 Å². The molecule has 0 atom stereocenters. The maximum Gasteiger partial charge on any atom is 0.405 e. The number of carbonyl (C=O) groups excluding carboxylic acids is 2. The number of aliphatic hydroxyl groups is 1. The minimum Gasteiger partial charge on any atom is -0.392 e. The molecule has 0 aliphatic heterocycles. The van der Waals surface area contributed by atoms with Gasteiger partial charge < -0.3 is 15.7 Å². The molecule has 1 fully saturated rings. The van der Waals surface area contributed by atoms with Crippen LogP contribution in [-0.4, -0.2) is 50.7 Å². The number of alkyl halides is 3. The number of amides is 2. The van der Waals surface area contributed by atoms with Gasteiger partial charge in [0.25, 0.3) is 11.8 Å². The van der Waals surface area contributed by atoms with Gasteiger partial charge in [0.2, 0.25) is 0 Å². The van der Waals surface area contributed by atoms with Gasteiger partial charge in [0.15, 0.2) is 5.69 Å². The molecule has 11 heteroatoms. The van der Waals surface area contributed by atoms with Gasteiger partial charge in [0.1, 0.15) is 6.54 Å². The van der Waals surface area contributed by atoms with Crippen molar-refractivity contribution in [3.63, 3.8) is 0 Å². The first-order valence-electron chi connectivity index (χ1n) is 8.09. The van der Waals surface area contributed by atoms with Gasteiger partial charge in [-0.15, -0.1) is 5.10 Å². The first-order valence-corrected chi connectivity index (χ1v) is 8.09. The molecular formula is C16H16F3N5O3. The monoisotopic (exact) mass is 383 g/mol. The SMILES string of the molecule is O=C(NCC(F)(F)F)c1ccc(-n2cc(C(=O)NC3CC3)nn2)c(CO)c1. The zero-order chi connectivity index (χ0) is 19.6. The van der Waals surface area contributed by atoms with Crippen LogP contribution in [0.2, 0.25) is 0 Å². The van der Waals surface area contributed by atoms with Crippen molar-refractivity contribution in [2.75, 3.05) is 6.54 Å². The van der Waals surface area contributed by atoms with E-state index in [0.717, 1.165) is 12.8 Å². The van der Waals surface area contributed by atoms with Gasteiger partial charge in [-0.2, -0.15) is 13.2 Å². The second-order valence-corrected chi connectivity index (χ2v) is 6.10. The summed E-state index contributed by atoms with van der Waals surface area (Å²) in [5.41, 5.74) is 0.646. The Bertz CT molecular complexity index is 861. The number of aromatic nitrogens is 3.